The first-order valence-electron chi connectivity index (χ1n) is 5.77. The molecule has 1 fully saturated rings. The Morgan fingerprint density at radius 1 is 1.18 bits per heavy atom. The monoisotopic (exact) mass is 254 g/mol. The highest BCUT2D eigenvalue weighted by atomic mass is 32.2. The Labute approximate surface area is 102 Å². The van der Waals surface area contributed by atoms with Crippen LogP contribution in [0.25, 0.3) is 0 Å². The molecule has 0 spiro atoms. The SMILES string of the molecule is CS(=O)(=O)NC1(c2ccccc2)CCNCC1. The minimum absolute atomic E-state index is 0.444. The van der Waals surface area contributed by atoms with Gasteiger partial charge in [-0.3, -0.25) is 0 Å². The van der Waals surface area contributed by atoms with Crippen LogP contribution in [0.5, 0.6) is 0 Å². The molecule has 0 unspecified atom stereocenters. The zero-order valence-corrected chi connectivity index (χ0v) is 10.8. The second kappa shape index (κ2) is 4.76. The highest BCUT2D eigenvalue weighted by molar-refractivity contribution is 7.88. The van der Waals surface area contributed by atoms with Crippen LogP contribution in [0.2, 0.25) is 0 Å². The van der Waals surface area contributed by atoms with E-state index in [0.717, 1.165) is 31.5 Å². The van der Waals surface area contributed by atoms with Crippen LogP contribution in [0.1, 0.15) is 18.4 Å². The molecule has 1 heterocycles. The van der Waals surface area contributed by atoms with E-state index < -0.39 is 15.6 Å². The number of rotatable bonds is 3. The third-order valence-electron chi connectivity index (χ3n) is 3.16. The van der Waals surface area contributed by atoms with Crippen molar-refractivity contribution < 1.29 is 8.42 Å². The summed E-state index contributed by atoms with van der Waals surface area (Å²) >= 11 is 0. The zero-order valence-electron chi connectivity index (χ0n) is 9.94. The Morgan fingerprint density at radius 2 is 1.76 bits per heavy atom. The van der Waals surface area contributed by atoms with E-state index in [2.05, 4.69) is 10.0 Å². The van der Waals surface area contributed by atoms with Gasteiger partial charge in [-0.1, -0.05) is 30.3 Å². The topological polar surface area (TPSA) is 58.2 Å². The van der Waals surface area contributed by atoms with Crippen molar-refractivity contribution in [1.82, 2.24) is 10.0 Å². The van der Waals surface area contributed by atoms with Crippen molar-refractivity contribution in [3.63, 3.8) is 0 Å². The van der Waals surface area contributed by atoms with Gasteiger partial charge in [0.2, 0.25) is 10.0 Å². The average molecular weight is 254 g/mol. The molecule has 0 radical (unpaired) electrons. The van der Waals surface area contributed by atoms with Gasteiger partial charge in [0, 0.05) is 0 Å². The molecule has 5 heteroatoms. The van der Waals surface area contributed by atoms with Gasteiger partial charge in [-0.05, 0) is 31.5 Å². The minimum Gasteiger partial charge on any atom is -0.317 e. The van der Waals surface area contributed by atoms with Crippen molar-refractivity contribution in [3.05, 3.63) is 35.9 Å². The maximum absolute atomic E-state index is 11.5. The Hall–Kier alpha value is -0.910. The van der Waals surface area contributed by atoms with Gasteiger partial charge in [0.25, 0.3) is 0 Å². The number of sulfonamides is 1. The number of piperidine rings is 1. The van der Waals surface area contributed by atoms with E-state index in [0.29, 0.717) is 0 Å². The molecule has 1 saturated heterocycles. The summed E-state index contributed by atoms with van der Waals surface area (Å²) in [6.07, 6.45) is 2.79. The third kappa shape index (κ3) is 3.06. The lowest BCUT2D eigenvalue weighted by atomic mass is 9.82. The molecule has 1 aromatic carbocycles. The number of hydrogen-bond acceptors (Lipinski definition) is 3. The van der Waals surface area contributed by atoms with Crippen LogP contribution in [-0.2, 0) is 15.6 Å². The van der Waals surface area contributed by atoms with Gasteiger partial charge in [-0.15, -0.1) is 0 Å². The molecular weight excluding hydrogens is 236 g/mol. The number of nitrogens with one attached hydrogen (secondary N) is 2. The van der Waals surface area contributed by atoms with Crippen molar-refractivity contribution >= 4 is 10.0 Å². The summed E-state index contributed by atoms with van der Waals surface area (Å²) in [6.45, 7) is 1.66. The molecule has 0 saturated carbocycles. The number of benzene rings is 1. The summed E-state index contributed by atoms with van der Waals surface area (Å²) in [5.41, 5.74) is 0.604. The lowest BCUT2D eigenvalue weighted by Gasteiger charge is -2.38. The molecule has 17 heavy (non-hydrogen) atoms. The van der Waals surface area contributed by atoms with Crippen LogP contribution in [0, 0.1) is 0 Å². The summed E-state index contributed by atoms with van der Waals surface area (Å²) < 4.78 is 25.9. The molecule has 94 valence electrons. The third-order valence-corrected chi connectivity index (χ3v) is 3.93. The van der Waals surface area contributed by atoms with Gasteiger partial charge in [0.1, 0.15) is 0 Å². The fraction of sp³-hybridized carbons (Fsp3) is 0.500. The first-order valence-corrected chi connectivity index (χ1v) is 7.66. The maximum Gasteiger partial charge on any atom is 0.209 e. The summed E-state index contributed by atoms with van der Waals surface area (Å²) in [4.78, 5) is 0. The molecule has 1 aliphatic heterocycles. The first kappa shape index (κ1) is 12.5. The van der Waals surface area contributed by atoms with Crippen molar-refractivity contribution in [2.45, 2.75) is 18.4 Å². The Bertz CT molecular complexity index is 465. The van der Waals surface area contributed by atoms with E-state index in [1.165, 1.54) is 6.26 Å². The molecule has 0 aromatic heterocycles. The highest BCUT2D eigenvalue weighted by Gasteiger charge is 2.36. The average Bonchev–Trinajstić information content (AvgIpc) is 2.29. The molecule has 1 aromatic rings. The first-order chi connectivity index (χ1) is 8.02. The highest BCUT2D eigenvalue weighted by Crippen LogP contribution is 2.31. The van der Waals surface area contributed by atoms with Crippen molar-refractivity contribution in [1.29, 1.82) is 0 Å². The largest absolute Gasteiger partial charge is 0.317 e. The summed E-state index contributed by atoms with van der Waals surface area (Å²) in [7, 11) is -3.21. The van der Waals surface area contributed by atoms with E-state index in [4.69, 9.17) is 0 Å². The second-order valence-corrected chi connectivity index (χ2v) is 6.32. The van der Waals surface area contributed by atoms with Crippen molar-refractivity contribution in [3.8, 4) is 0 Å². The van der Waals surface area contributed by atoms with Gasteiger partial charge >= 0.3 is 0 Å². The van der Waals surface area contributed by atoms with Crippen LogP contribution in [0.3, 0.4) is 0 Å². The molecule has 2 N–H and O–H groups in total. The maximum atomic E-state index is 11.5. The lowest BCUT2D eigenvalue weighted by molar-refractivity contribution is 0.288. The van der Waals surface area contributed by atoms with Gasteiger partial charge in [-0.25, -0.2) is 13.1 Å². The predicted molar refractivity (Wildman–Crippen MR) is 68.2 cm³/mol. The summed E-state index contributed by atoms with van der Waals surface area (Å²) in [5, 5.41) is 3.26. The van der Waals surface area contributed by atoms with Gasteiger partial charge in [0.15, 0.2) is 0 Å². The molecule has 0 amide bonds. The Kier molecular flexibility index (Phi) is 3.51. The minimum atomic E-state index is -3.21. The smallest absolute Gasteiger partial charge is 0.209 e. The normalized spacial score (nSPS) is 20.1. The van der Waals surface area contributed by atoms with Crippen LogP contribution >= 0.6 is 0 Å². The van der Waals surface area contributed by atoms with Gasteiger partial charge < -0.3 is 5.32 Å². The second-order valence-electron chi connectivity index (χ2n) is 4.57. The van der Waals surface area contributed by atoms with Gasteiger partial charge in [-0.2, -0.15) is 0 Å². The fourth-order valence-electron chi connectivity index (χ4n) is 2.42. The van der Waals surface area contributed by atoms with E-state index >= 15 is 0 Å². The van der Waals surface area contributed by atoms with Crippen LogP contribution in [0.15, 0.2) is 30.3 Å². The molecule has 0 bridgehead atoms. The predicted octanol–water partition coefficient (Wildman–Crippen LogP) is 0.814. The fourth-order valence-corrected chi connectivity index (χ4v) is 3.45. The van der Waals surface area contributed by atoms with Crippen molar-refractivity contribution in [2.24, 2.45) is 0 Å². The molecule has 1 aliphatic rings. The Morgan fingerprint density at radius 3 is 2.29 bits per heavy atom. The van der Waals surface area contributed by atoms with E-state index in [-0.39, 0.29) is 0 Å². The van der Waals surface area contributed by atoms with Crippen LogP contribution in [-0.4, -0.2) is 27.8 Å². The quantitative estimate of drug-likeness (QED) is 0.839. The number of hydrogen-bond donors (Lipinski definition) is 2. The van der Waals surface area contributed by atoms with E-state index in [9.17, 15) is 8.42 Å². The summed E-state index contributed by atoms with van der Waals surface area (Å²) in [5.74, 6) is 0. The lowest BCUT2D eigenvalue weighted by Crippen LogP contribution is -2.51. The van der Waals surface area contributed by atoms with Crippen molar-refractivity contribution in [2.75, 3.05) is 19.3 Å². The molecular formula is C12H18N2O2S. The molecule has 2 rings (SSSR count). The zero-order chi connectivity index (χ0) is 12.4. The van der Waals surface area contributed by atoms with Gasteiger partial charge in [0.05, 0.1) is 11.8 Å². The van der Waals surface area contributed by atoms with Crippen LogP contribution in [0.4, 0.5) is 0 Å². The Balaban J connectivity index is 2.36. The molecule has 0 aliphatic carbocycles. The van der Waals surface area contributed by atoms with E-state index in [1.807, 2.05) is 30.3 Å². The van der Waals surface area contributed by atoms with Crippen LogP contribution < -0.4 is 10.0 Å². The standard InChI is InChI=1S/C12H18N2O2S/c1-17(15,16)14-12(7-9-13-10-8-12)11-5-3-2-4-6-11/h2-6,13-14H,7-10H2,1H3. The summed E-state index contributed by atoms with van der Waals surface area (Å²) in [6, 6.07) is 9.82. The molecule has 0 atom stereocenters. The van der Waals surface area contributed by atoms with E-state index in [1.54, 1.807) is 0 Å². The molecule has 4 nitrogen and oxygen atoms in total.